The van der Waals surface area contributed by atoms with Gasteiger partial charge in [0.05, 0.1) is 5.56 Å². The van der Waals surface area contributed by atoms with E-state index in [4.69, 9.17) is 16.6 Å². The zero-order chi connectivity index (χ0) is 24.6. The number of nitrogens with one attached hydrogen (secondary N) is 2. The Morgan fingerprint density at radius 2 is 1.80 bits per heavy atom. The predicted octanol–water partition coefficient (Wildman–Crippen LogP) is 5.14. The highest BCUT2D eigenvalue weighted by atomic mass is 35.5. The molecule has 35 heavy (non-hydrogen) atoms. The third-order valence-corrected chi connectivity index (χ3v) is 7.24. The van der Waals surface area contributed by atoms with Gasteiger partial charge in [0.2, 0.25) is 0 Å². The zero-order valence-corrected chi connectivity index (χ0v) is 20.9. The van der Waals surface area contributed by atoms with Gasteiger partial charge in [0.25, 0.3) is 5.91 Å². The van der Waals surface area contributed by atoms with Crippen molar-refractivity contribution in [3.05, 3.63) is 52.5 Å². The zero-order valence-electron chi connectivity index (χ0n) is 20.1. The van der Waals surface area contributed by atoms with Crippen LogP contribution in [0.25, 0.3) is 0 Å². The number of carboxylic acids is 1. The molecule has 0 bridgehead atoms. The van der Waals surface area contributed by atoms with Crippen LogP contribution in [0.5, 0.6) is 0 Å². The number of hydrogen-bond acceptors (Lipinski definition) is 5. The molecule has 8 heteroatoms. The molecule has 7 nitrogen and oxygen atoms in total. The molecule has 1 saturated carbocycles. The minimum atomic E-state index is -0.760. The molecule has 1 saturated heterocycles. The van der Waals surface area contributed by atoms with E-state index >= 15 is 0 Å². The van der Waals surface area contributed by atoms with Crippen LogP contribution >= 0.6 is 11.6 Å². The molecule has 0 radical (unpaired) electrons. The Kier molecular flexibility index (Phi) is 8.85. The van der Waals surface area contributed by atoms with Gasteiger partial charge in [-0.15, -0.1) is 0 Å². The third kappa shape index (κ3) is 7.34. The molecule has 1 atom stereocenters. The minimum absolute atomic E-state index is 0.0904. The number of piperidine rings is 1. The Morgan fingerprint density at radius 3 is 2.54 bits per heavy atom. The van der Waals surface area contributed by atoms with Gasteiger partial charge in [0.1, 0.15) is 11.6 Å². The molecule has 2 heterocycles. The number of rotatable bonds is 9. The summed E-state index contributed by atoms with van der Waals surface area (Å²) in [7, 11) is 0. The standard InChI is InChI=1S/C27H35ClN4O3/c28-21-10-8-19(9-11-21)14-15-29-26-23(27(35)30-22-6-2-1-3-7-22)12-13-24(31-26)32-16-4-5-20(18-32)17-25(33)34/h8-13,20,22H,1-7,14-18H2,(H,29,31)(H,30,35)(H,33,34). The van der Waals surface area contributed by atoms with Gasteiger partial charge < -0.3 is 20.6 Å². The number of benzene rings is 1. The number of carbonyl (C=O) groups is 2. The SMILES string of the molecule is O=C(O)CC1CCCN(c2ccc(C(=O)NC3CCCCC3)c(NCCc3ccc(Cl)cc3)n2)C1. The summed E-state index contributed by atoms with van der Waals surface area (Å²) in [5, 5.41) is 16.5. The van der Waals surface area contributed by atoms with Crippen LogP contribution in [0.4, 0.5) is 11.6 Å². The Morgan fingerprint density at radius 1 is 1.03 bits per heavy atom. The summed E-state index contributed by atoms with van der Waals surface area (Å²) in [4.78, 5) is 31.4. The molecule has 1 aromatic heterocycles. The number of pyridine rings is 1. The fourth-order valence-electron chi connectivity index (χ4n) is 5.12. The largest absolute Gasteiger partial charge is 0.481 e. The molecule has 2 fully saturated rings. The average Bonchev–Trinajstić information content (AvgIpc) is 2.85. The van der Waals surface area contributed by atoms with Crippen molar-refractivity contribution in [1.29, 1.82) is 0 Å². The summed E-state index contributed by atoms with van der Waals surface area (Å²) in [6.07, 6.45) is 8.38. The number of aliphatic carboxylic acids is 1. The first-order valence-corrected chi connectivity index (χ1v) is 13.1. The van der Waals surface area contributed by atoms with E-state index < -0.39 is 5.97 Å². The summed E-state index contributed by atoms with van der Waals surface area (Å²) in [6.45, 7) is 2.13. The third-order valence-electron chi connectivity index (χ3n) is 6.99. The number of carbonyl (C=O) groups excluding carboxylic acids is 1. The maximum absolute atomic E-state index is 13.2. The van der Waals surface area contributed by atoms with Gasteiger partial charge in [-0.25, -0.2) is 4.98 Å². The fourth-order valence-corrected chi connectivity index (χ4v) is 5.24. The van der Waals surface area contributed by atoms with E-state index in [1.54, 1.807) is 0 Å². The van der Waals surface area contributed by atoms with Crippen LogP contribution in [-0.4, -0.2) is 47.6 Å². The Labute approximate surface area is 212 Å². The number of nitrogens with zero attached hydrogens (tertiary/aromatic N) is 2. The van der Waals surface area contributed by atoms with Crippen LogP contribution in [0.1, 0.15) is 67.3 Å². The number of halogens is 1. The summed E-state index contributed by atoms with van der Waals surface area (Å²) in [5.74, 6) is 0.614. The van der Waals surface area contributed by atoms with Gasteiger partial charge in [0, 0.05) is 37.1 Å². The first-order chi connectivity index (χ1) is 17.0. The van der Waals surface area contributed by atoms with Crippen molar-refractivity contribution in [2.45, 2.75) is 63.8 Å². The lowest BCUT2D eigenvalue weighted by molar-refractivity contribution is -0.138. The molecular formula is C27H35ClN4O3. The maximum Gasteiger partial charge on any atom is 0.303 e. The van der Waals surface area contributed by atoms with E-state index in [1.165, 1.54) is 6.42 Å². The van der Waals surface area contributed by atoms with Crippen molar-refractivity contribution in [3.8, 4) is 0 Å². The van der Waals surface area contributed by atoms with Crippen LogP contribution < -0.4 is 15.5 Å². The van der Waals surface area contributed by atoms with Crippen molar-refractivity contribution >= 4 is 35.1 Å². The first kappa shape index (κ1) is 25.3. The van der Waals surface area contributed by atoms with Crippen molar-refractivity contribution in [2.24, 2.45) is 5.92 Å². The van der Waals surface area contributed by atoms with E-state index in [0.29, 0.717) is 29.5 Å². The average molecular weight is 499 g/mol. The van der Waals surface area contributed by atoms with Gasteiger partial charge in [-0.3, -0.25) is 9.59 Å². The summed E-state index contributed by atoms with van der Waals surface area (Å²) in [6, 6.07) is 11.7. The quantitative estimate of drug-likeness (QED) is 0.443. The number of carboxylic acid groups (broad SMARTS) is 1. The Hall–Kier alpha value is -2.80. The Balaban J connectivity index is 1.49. The Bertz CT molecular complexity index is 1010. The molecule has 2 aliphatic rings. The molecule has 1 aromatic carbocycles. The summed E-state index contributed by atoms with van der Waals surface area (Å²) >= 11 is 6.00. The highest BCUT2D eigenvalue weighted by Crippen LogP contribution is 2.27. The number of aromatic nitrogens is 1. The highest BCUT2D eigenvalue weighted by molar-refractivity contribution is 6.30. The van der Waals surface area contributed by atoms with E-state index in [0.717, 1.165) is 62.9 Å². The summed E-state index contributed by atoms with van der Waals surface area (Å²) < 4.78 is 0. The second-order valence-electron chi connectivity index (χ2n) is 9.73. The molecule has 1 amide bonds. The van der Waals surface area contributed by atoms with Crippen molar-refractivity contribution in [1.82, 2.24) is 10.3 Å². The highest BCUT2D eigenvalue weighted by Gasteiger charge is 2.25. The van der Waals surface area contributed by atoms with Gasteiger partial charge in [-0.05, 0) is 67.9 Å². The topological polar surface area (TPSA) is 94.6 Å². The molecule has 2 aromatic rings. The van der Waals surface area contributed by atoms with Crippen molar-refractivity contribution in [2.75, 3.05) is 29.9 Å². The lowest BCUT2D eigenvalue weighted by atomic mass is 9.95. The van der Waals surface area contributed by atoms with E-state index in [1.807, 2.05) is 36.4 Å². The molecule has 188 valence electrons. The molecule has 4 rings (SSSR count). The van der Waals surface area contributed by atoms with Crippen LogP contribution in [0.15, 0.2) is 36.4 Å². The minimum Gasteiger partial charge on any atom is -0.481 e. The number of anilines is 2. The fraction of sp³-hybridized carbons (Fsp3) is 0.519. The van der Waals surface area contributed by atoms with Gasteiger partial charge >= 0.3 is 5.97 Å². The van der Waals surface area contributed by atoms with E-state index in [9.17, 15) is 14.7 Å². The summed E-state index contributed by atoms with van der Waals surface area (Å²) in [5.41, 5.74) is 1.70. The van der Waals surface area contributed by atoms with Gasteiger partial charge in [-0.1, -0.05) is 43.0 Å². The van der Waals surface area contributed by atoms with Crippen LogP contribution in [0.2, 0.25) is 5.02 Å². The predicted molar refractivity (Wildman–Crippen MR) is 139 cm³/mol. The van der Waals surface area contributed by atoms with E-state index in [-0.39, 0.29) is 24.3 Å². The molecule has 0 spiro atoms. The normalized spacial score (nSPS) is 18.8. The van der Waals surface area contributed by atoms with Crippen LogP contribution in [-0.2, 0) is 11.2 Å². The van der Waals surface area contributed by atoms with Crippen molar-refractivity contribution in [3.63, 3.8) is 0 Å². The second kappa shape index (κ2) is 12.2. The van der Waals surface area contributed by atoms with Crippen LogP contribution in [0.3, 0.4) is 0 Å². The smallest absolute Gasteiger partial charge is 0.303 e. The molecule has 1 aliphatic carbocycles. The lowest BCUT2D eigenvalue weighted by Crippen LogP contribution is -2.38. The van der Waals surface area contributed by atoms with E-state index in [2.05, 4.69) is 15.5 Å². The van der Waals surface area contributed by atoms with Crippen molar-refractivity contribution < 1.29 is 14.7 Å². The first-order valence-electron chi connectivity index (χ1n) is 12.7. The maximum atomic E-state index is 13.2. The second-order valence-corrected chi connectivity index (χ2v) is 10.2. The molecule has 1 aliphatic heterocycles. The number of amides is 1. The molecular weight excluding hydrogens is 464 g/mol. The van der Waals surface area contributed by atoms with Crippen LogP contribution in [0, 0.1) is 5.92 Å². The monoisotopic (exact) mass is 498 g/mol. The lowest BCUT2D eigenvalue weighted by Gasteiger charge is -2.33. The molecule has 1 unspecified atom stereocenters. The molecule has 3 N–H and O–H groups in total. The van der Waals surface area contributed by atoms with Gasteiger partial charge in [-0.2, -0.15) is 0 Å². The number of hydrogen-bond donors (Lipinski definition) is 3. The van der Waals surface area contributed by atoms with Gasteiger partial charge in [0.15, 0.2) is 0 Å².